The van der Waals surface area contributed by atoms with Gasteiger partial charge in [-0.05, 0) is 138 Å². The summed E-state index contributed by atoms with van der Waals surface area (Å²) in [7, 11) is 0. The van der Waals surface area contributed by atoms with Crippen LogP contribution in [0.25, 0.3) is 88.5 Å². The summed E-state index contributed by atoms with van der Waals surface area (Å²) in [6.07, 6.45) is 1.89. The Balaban J connectivity index is 0.985. The van der Waals surface area contributed by atoms with Crippen LogP contribution in [-0.4, -0.2) is 14.1 Å². The fraction of sp³-hybridized carbons (Fsp3) is 0.0167. The van der Waals surface area contributed by atoms with E-state index >= 15 is 0 Å². The highest BCUT2D eigenvalue weighted by atomic mass is 15.1. The van der Waals surface area contributed by atoms with E-state index in [0.717, 1.165) is 73.0 Å². The Morgan fingerprint density at radius 3 is 1.59 bits per heavy atom. The van der Waals surface area contributed by atoms with Crippen LogP contribution >= 0.6 is 0 Å². The van der Waals surface area contributed by atoms with Crippen molar-refractivity contribution in [2.45, 2.75) is 6.92 Å². The van der Waals surface area contributed by atoms with Gasteiger partial charge in [0.1, 0.15) is 0 Å². The molecule has 12 rings (SSSR count). The normalized spacial score (nSPS) is 11.5. The van der Waals surface area contributed by atoms with Crippen molar-refractivity contribution in [1.29, 1.82) is 0 Å². The van der Waals surface area contributed by atoms with E-state index in [1.807, 2.05) is 12.3 Å². The third-order valence-electron chi connectivity index (χ3n) is 12.6. The van der Waals surface area contributed by atoms with Gasteiger partial charge in [-0.1, -0.05) is 127 Å². The van der Waals surface area contributed by atoms with Crippen molar-refractivity contribution in [3.8, 4) is 44.9 Å². The molecule has 3 heterocycles. The van der Waals surface area contributed by atoms with Gasteiger partial charge in [0.2, 0.25) is 0 Å². The summed E-state index contributed by atoms with van der Waals surface area (Å²) >= 11 is 0. The second-order valence-corrected chi connectivity index (χ2v) is 16.5. The molecule has 0 spiro atoms. The van der Waals surface area contributed by atoms with Gasteiger partial charge in [-0.15, -0.1) is 0 Å². The van der Waals surface area contributed by atoms with E-state index < -0.39 is 0 Å². The van der Waals surface area contributed by atoms with E-state index in [4.69, 9.17) is 4.98 Å². The Bertz CT molecular complexity index is 3630. The third-order valence-corrected chi connectivity index (χ3v) is 12.6. The zero-order valence-corrected chi connectivity index (χ0v) is 35.3. The van der Waals surface area contributed by atoms with Crippen LogP contribution in [-0.2, 0) is 0 Å². The molecule has 0 saturated carbocycles. The van der Waals surface area contributed by atoms with E-state index in [2.05, 4.69) is 245 Å². The first kappa shape index (κ1) is 37.3. The number of hydrogen-bond acceptors (Lipinski definition) is 2. The number of aryl methyl sites for hydroxylation is 1. The summed E-state index contributed by atoms with van der Waals surface area (Å²) in [5, 5.41) is 4.85. The van der Waals surface area contributed by atoms with Crippen molar-refractivity contribution >= 4 is 60.7 Å². The van der Waals surface area contributed by atoms with Gasteiger partial charge in [0, 0.05) is 61.7 Å². The number of anilines is 3. The molecule has 0 radical (unpaired) electrons. The third kappa shape index (κ3) is 6.35. The van der Waals surface area contributed by atoms with Gasteiger partial charge in [-0.2, -0.15) is 0 Å². The maximum atomic E-state index is 4.93. The number of pyridine rings is 1. The SMILES string of the molecule is Cc1ccc(N(c2ccccc2)c2ccc(-c3ccc(-n4c5ccccc5c5c(-c6ccccn6)cc(-c6ccc7c(c6)c6ccccc6n7-c6ccccc6)cc54)cc3)cc2)cc1. The van der Waals surface area contributed by atoms with Crippen LogP contribution in [0.3, 0.4) is 0 Å². The maximum Gasteiger partial charge on any atom is 0.0709 e. The largest absolute Gasteiger partial charge is 0.311 e. The molecule has 0 aliphatic carbocycles. The number of aromatic nitrogens is 3. The van der Waals surface area contributed by atoms with Crippen LogP contribution in [0.4, 0.5) is 17.1 Å². The lowest BCUT2D eigenvalue weighted by atomic mass is 9.95. The summed E-state index contributed by atoms with van der Waals surface area (Å²) in [5.74, 6) is 0. The first-order chi connectivity index (χ1) is 31.7. The molecule has 4 heteroatoms. The van der Waals surface area contributed by atoms with Crippen LogP contribution in [0.1, 0.15) is 5.56 Å². The van der Waals surface area contributed by atoms with Crippen LogP contribution in [0, 0.1) is 6.92 Å². The van der Waals surface area contributed by atoms with E-state index in [-0.39, 0.29) is 0 Å². The molecule has 12 aromatic rings. The number of para-hydroxylation sites is 4. The van der Waals surface area contributed by atoms with E-state index in [0.29, 0.717) is 0 Å². The molecule has 0 N–H and O–H groups in total. The van der Waals surface area contributed by atoms with Gasteiger partial charge in [0.15, 0.2) is 0 Å². The second-order valence-electron chi connectivity index (χ2n) is 16.5. The molecule has 0 atom stereocenters. The minimum Gasteiger partial charge on any atom is -0.311 e. The molecule has 302 valence electrons. The Morgan fingerprint density at radius 2 is 0.891 bits per heavy atom. The van der Waals surface area contributed by atoms with Crippen molar-refractivity contribution in [3.05, 3.63) is 242 Å². The second kappa shape index (κ2) is 15.5. The first-order valence-corrected chi connectivity index (χ1v) is 21.9. The van der Waals surface area contributed by atoms with Crippen LogP contribution < -0.4 is 4.90 Å². The van der Waals surface area contributed by atoms with Crippen molar-refractivity contribution in [3.63, 3.8) is 0 Å². The van der Waals surface area contributed by atoms with E-state index in [1.54, 1.807) is 0 Å². The standard InChI is InChI=1S/C60H42N4/c1-41-23-30-48(31-24-41)62(46-14-4-2-5-15-46)49-32-25-42(26-33-49)43-27-34-50(35-28-43)64-57-22-11-9-19-52(57)60-54(55-20-12-13-37-61-55)39-45(40-59(60)64)44-29-36-58-53(38-44)51-18-8-10-21-56(51)63(58)47-16-6-3-7-17-47/h2-40H,1H3. The quantitative estimate of drug-likeness (QED) is 0.153. The summed E-state index contributed by atoms with van der Waals surface area (Å²) < 4.78 is 4.80. The fourth-order valence-electron chi connectivity index (χ4n) is 9.60. The fourth-order valence-corrected chi connectivity index (χ4v) is 9.60. The lowest BCUT2D eigenvalue weighted by Crippen LogP contribution is -2.09. The zero-order chi connectivity index (χ0) is 42.6. The molecule has 0 unspecified atom stereocenters. The van der Waals surface area contributed by atoms with Crippen molar-refractivity contribution < 1.29 is 0 Å². The summed E-state index contributed by atoms with van der Waals surface area (Å²) in [6.45, 7) is 2.13. The average Bonchev–Trinajstić information content (AvgIpc) is 3.88. The van der Waals surface area contributed by atoms with Gasteiger partial charge in [0.25, 0.3) is 0 Å². The molecule has 64 heavy (non-hydrogen) atoms. The minimum atomic E-state index is 0.950. The number of benzene rings is 9. The van der Waals surface area contributed by atoms with Crippen molar-refractivity contribution in [2.24, 2.45) is 0 Å². The number of rotatable bonds is 8. The topological polar surface area (TPSA) is 26.0 Å². The summed E-state index contributed by atoms with van der Waals surface area (Å²) in [5.41, 5.74) is 18.2. The Labute approximate surface area is 372 Å². The molecule has 0 aliphatic rings. The maximum absolute atomic E-state index is 4.93. The highest BCUT2D eigenvalue weighted by Gasteiger charge is 2.20. The molecular formula is C60H42N4. The minimum absolute atomic E-state index is 0.950. The highest BCUT2D eigenvalue weighted by molar-refractivity contribution is 6.17. The molecule has 0 saturated heterocycles. The zero-order valence-electron chi connectivity index (χ0n) is 35.3. The van der Waals surface area contributed by atoms with Gasteiger partial charge in [0.05, 0.1) is 27.8 Å². The van der Waals surface area contributed by atoms with Crippen LogP contribution in [0.15, 0.2) is 237 Å². The molecule has 3 aromatic heterocycles. The number of nitrogens with zero attached hydrogens (tertiary/aromatic N) is 4. The van der Waals surface area contributed by atoms with Gasteiger partial charge in [-0.3, -0.25) is 4.98 Å². The number of hydrogen-bond donors (Lipinski definition) is 0. The van der Waals surface area contributed by atoms with E-state index in [9.17, 15) is 0 Å². The first-order valence-electron chi connectivity index (χ1n) is 21.9. The predicted octanol–water partition coefficient (Wildman–Crippen LogP) is 16.1. The monoisotopic (exact) mass is 818 g/mol. The number of fused-ring (bicyclic) bond motifs is 6. The lowest BCUT2D eigenvalue weighted by molar-refractivity contribution is 1.18. The molecule has 4 nitrogen and oxygen atoms in total. The van der Waals surface area contributed by atoms with Crippen LogP contribution in [0.5, 0.6) is 0 Å². The summed E-state index contributed by atoms with van der Waals surface area (Å²) in [6, 6.07) is 83.2. The van der Waals surface area contributed by atoms with Gasteiger partial charge >= 0.3 is 0 Å². The molecule has 0 amide bonds. The molecule has 0 aliphatic heterocycles. The Morgan fingerprint density at radius 1 is 0.359 bits per heavy atom. The lowest BCUT2D eigenvalue weighted by Gasteiger charge is -2.25. The smallest absolute Gasteiger partial charge is 0.0709 e. The highest BCUT2D eigenvalue weighted by Crippen LogP contribution is 2.43. The van der Waals surface area contributed by atoms with Crippen LogP contribution in [0.2, 0.25) is 0 Å². The summed E-state index contributed by atoms with van der Waals surface area (Å²) in [4.78, 5) is 7.24. The predicted molar refractivity (Wildman–Crippen MR) is 269 cm³/mol. The van der Waals surface area contributed by atoms with Gasteiger partial charge in [-0.25, -0.2) is 0 Å². The van der Waals surface area contributed by atoms with E-state index in [1.165, 1.54) is 38.1 Å². The molecule has 0 fully saturated rings. The van der Waals surface area contributed by atoms with Crippen molar-refractivity contribution in [2.75, 3.05) is 4.90 Å². The average molecular weight is 819 g/mol. The molecular weight excluding hydrogens is 777 g/mol. The van der Waals surface area contributed by atoms with Crippen molar-refractivity contribution in [1.82, 2.24) is 14.1 Å². The molecule has 9 aromatic carbocycles. The van der Waals surface area contributed by atoms with Gasteiger partial charge < -0.3 is 14.0 Å². The molecule has 0 bridgehead atoms. The Kier molecular flexibility index (Phi) is 9.01. The Hall–Kier alpha value is -8.47.